The van der Waals surface area contributed by atoms with E-state index in [1.807, 2.05) is 31.2 Å². The summed E-state index contributed by atoms with van der Waals surface area (Å²) in [6, 6.07) is 13.7. The number of carbonyl (C=O) groups is 1. The molecule has 1 aliphatic heterocycles. The summed E-state index contributed by atoms with van der Waals surface area (Å²) >= 11 is 0. The Labute approximate surface area is 180 Å². The Balaban J connectivity index is 1.50. The van der Waals surface area contributed by atoms with E-state index in [4.69, 9.17) is 10.5 Å². The molecule has 8 nitrogen and oxygen atoms in total. The fourth-order valence-electron chi connectivity index (χ4n) is 3.15. The minimum Gasteiger partial charge on any atom is -0.382 e. The van der Waals surface area contributed by atoms with Crippen LogP contribution in [0.3, 0.4) is 0 Å². The Morgan fingerprint density at radius 3 is 2.42 bits per heavy atom. The number of benzene rings is 2. The van der Waals surface area contributed by atoms with Crippen molar-refractivity contribution in [3.05, 3.63) is 66.0 Å². The molecule has 0 saturated carbocycles. The van der Waals surface area contributed by atoms with Gasteiger partial charge in [0, 0.05) is 17.2 Å². The van der Waals surface area contributed by atoms with E-state index < -0.39 is 15.7 Å². The fourth-order valence-corrected chi connectivity index (χ4v) is 4.71. The molecule has 0 spiro atoms. The van der Waals surface area contributed by atoms with Crippen LogP contribution in [0.15, 0.2) is 59.6 Å². The molecule has 31 heavy (non-hydrogen) atoms. The number of nitrogens with one attached hydrogen (secondary N) is 1. The first-order valence-corrected chi connectivity index (χ1v) is 11.4. The molecule has 1 fully saturated rings. The van der Waals surface area contributed by atoms with Crippen LogP contribution in [-0.2, 0) is 14.6 Å². The van der Waals surface area contributed by atoms with Gasteiger partial charge in [-0.05, 0) is 31.2 Å². The summed E-state index contributed by atoms with van der Waals surface area (Å²) < 4.78 is 29.9. The Bertz CT molecular complexity index is 1210. The van der Waals surface area contributed by atoms with Gasteiger partial charge in [0.1, 0.15) is 0 Å². The van der Waals surface area contributed by atoms with Crippen LogP contribution in [0, 0.1) is 12.8 Å². The van der Waals surface area contributed by atoms with Gasteiger partial charge in [-0.3, -0.25) is 4.79 Å². The van der Waals surface area contributed by atoms with Gasteiger partial charge in [-0.1, -0.05) is 29.8 Å². The minimum atomic E-state index is -3.40. The van der Waals surface area contributed by atoms with Crippen molar-refractivity contribution in [3.63, 3.8) is 0 Å². The zero-order valence-electron chi connectivity index (χ0n) is 16.9. The maximum absolute atomic E-state index is 12.7. The van der Waals surface area contributed by atoms with E-state index >= 15 is 0 Å². The number of hydrogen-bond acceptors (Lipinski definition) is 7. The number of rotatable bonds is 6. The van der Waals surface area contributed by atoms with E-state index in [0.29, 0.717) is 24.6 Å². The number of nitrogens with zero attached hydrogens (tertiary/aromatic N) is 2. The molecular formula is C22H22N4O4S. The number of nitrogen functional groups attached to an aromatic ring is 1. The molecule has 1 saturated heterocycles. The molecule has 0 unspecified atom stereocenters. The number of carbonyl (C=O) groups excluding carboxylic acids is 1. The van der Waals surface area contributed by atoms with Gasteiger partial charge in [-0.15, -0.1) is 0 Å². The van der Waals surface area contributed by atoms with Crippen molar-refractivity contribution in [2.24, 2.45) is 5.92 Å². The molecule has 1 aliphatic rings. The van der Waals surface area contributed by atoms with Crippen LogP contribution in [0.2, 0.25) is 0 Å². The Morgan fingerprint density at radius 1 is 1.13 bits per heavy atom. The summed E-state index contributed by atoms with van der Waals surface area (Å²) in [6.45, 7) is 2.92. The summed E-state index contributed by atoms with van der Waals surface area (Å²) in [5.74, 6) is -0.431. The molecule has 4 rings (SSSR count). The summed E-state index contributed by atoms with van der Waals surface area (Å²) in [6.07, 6.45) is 1.52. The van der Waals surface area contributed by atoms with Crippen LogP contribution in [0.4, 0.5) is 11.5 Å². The number of hydrogen-bond donors (Lipinski definition) is 2. The normalized spacial score (nSPS) is 14.1. The second kappa shape index (κ2) is 8.44. The van der Waals surface area contributed by atoms with Crippen LogP contribution in [0.1, 0.15) is 16.1 Å². The predicted molar refractivity (Wildman–Crippen MR) is 117 cm³/mol. The predicted octanol–water partition coefficient (Wildman–Crippen LogP) is 2.71. The van der Waals surface area contributed by atoms with Crippen LogP contribution in [-0.4, -0.2) is 43.3 Å². The first-order chi connectivity index (χ1) is 14.8. The van der Waals surface area contributed by atoms with Crippen molar-refractivity contribution in [2.75, 3.05) is 30.0 Å². The lowest BCUT2D eigenvalue weighted by atomic mass is 10.1. The highest BCUT2D eigenvalue weighted by molar-refractivity contribution is 7.91. The number of aryl methyl sites for hydroxylation is 1. The SMILES string of the molecule is Cc1ccc(-c2cnc(N)c(C(=O)Nc3ccc(S(=O)(=O)CC4COC4)cc3)n2)cc1. The third kappa shape index (κ3) is 4.73. The van der Waals surface area contributed by atoms with Crippen molar-refractivity contribution in [2.45, 2.75) is 11.8 Å². The average molecular weight is 439 g/mol. The van der Waals surface area contributed by atoms with Gasteiger partial charge in [-0.25, -0.2) is 18.4 Å². The molecule has 1 aromatic heterocycles. The Hall–Kier alpha value is -3.30. The lowest BCUT2D eigenvalue weighted by Gasteiger charge is -2.25. The quantitative estimate of drug-likeness (QED) is 0.606. The number of sulfone groups is 1. The van der Waals surface area contributed by atoms with Gasteiger partial charge < -0.3 is 15.8 Å². The van der Waals surface area contributed by atoms with Crippen LogP contribution in [0.25, 0.3) is 11.3 Å². The number of aromatic nitrogens is 2. The summed E-state index contributed by atoms with van der Waals surface area (Å²) in [5, 5.41) is 2.69. The van der Waals surface area contributed by atoms with Crippen molar-refractivity contribution in [1.82, 2.24) is 9.97 Å². The van der Waals surface area contributed by atoms with Crippen molar-refractivity contribution in [3.8, 4) is 11.3 Å². The smallest absolute Gasteiger partial charge is 0.278 e. The summed E-state index contributed by atoms with van der Waals surface area (Å²) in [4.78, 5) is 21.4. The van der Waals surface area contributed by atoms with Crippen LogP contribution in [0.5, 0.6) is 0 Å². The third-order valence-corrected chi connectivity index (χ3v) is 6.90. The van der Waals surface area contributed by atoms with Crippen molar-refractivity contribution < 1.29 is 17.9 Å². The zero-order chi connectivity index (χ0) is 22.0. The van der Waals surface area contributed by atoms with Gasteiger partial charge in [0.05, 0.1) is 35.8 Å². The van der Waals surface area contributed by atoms with Crippen molar-refractivity contribution >= 4 is 27.2 Å². The third-order valence-electron chi connectivity index (χ3n) is 5.00. The van der Waals surface area contributed by atoms with Crippen molar-refractivity contribution in [1.29, 1.82) is 0 Å². The highest BCUT2D eigenvalue weighted by atomic mass is 32.2. The monoisotopic (exact) mass is 438 g/mol. The molecule has 1 amide bonds. The van der Waals surface area contributed by atoms with E-state index in [1.165, 1.54) is 30.5 Å². The van der Waals surface area contributed by atoms with Crippen LogP contribution >= 0.6 is 0 Å². The Morgan fingerprint density at radius 2 is 1.81 bits per heavy atom. The van der Waals surface area contributed by atoms with Gasteiger partial charge in [-0.2, -0.15) is 0 Å². The average Bonchev–Trinajstić information content (AvgIpc) is 2.72. The zero-order valence-corrected chi connectivity index (χ0v) is 17.7. The van der Waals surface area contributed by atoms with E-state index in [-0.39, 0.29) is 28.1 Å². The van der Waals surface area contributed by atoms with E-state index in [1.54, 1.807) is 0 Å². The molecule has 160 valence electrons. The number of anilines is 2. The second-order valence-electron chi connectivity index (χ2n) is 7.52. The molecule has 0 atom stereocenters. The largest absolute Gasteiger partial charge is 0.382 e. The van der Waals surface area contributed by atoms with E-state index in [0.717, 1.165) is 11.1 Å². The topological polar surface area (TPSA) is 124 Å². The molecule has 0 radical (unpaired) electrons. The van der Waals surface area contributed by atoms with Gasteiger partial charge in [0.2, 0.25) is 0 Å². The molecular weight excluding hydrogens is 416 g/mol. The second-order valence-corrected chi connectivity index (χ2v) is 9.55. The summed E-state index contributed by atoms with van der Waals surface area (Å²) in [5.41, 5.74) is 8.75. The Kier molecular flexibility index (Phi) is 5.71. The van der Waals surface area contributed by atoms with Gasteiger partial charge >= 0.3 is 0 Å². The molecule has 3 N–H and O–H groups in total. The lowest BCUT2D eigenvalue weighted by Crippen LogP contribution is -2.33. The molecule has 0 bridgehead atoms. The van der Waals surface area contributed by atoms with Gasteiger partial charge in [0.25, 0.3) is 5.91 Å². The number of ether oxygens (including phenoxy) is 1. The lowest BCUT2D eigenvalue weighted by molar-refractivity contribution is -0.0204. The first kappa shape index (κ1) is 21.0. The highest BCUT2D eigenvalue weighted by Gasteiger charge is 2.26. The van der Waals surface area contributed by atoms with Crippen LogP contribution < -0.4 is 11.1 Å². The maximum Gasteiger partial charge on any atom is 0.278 e. The maximum atomic E-state index is 12.7. The highest BCUT2D eigenvalue weighted by Crippen LogP contribution is 2.22. The van der Waals surface area contributed by atoms with E-state index in [2.05, 4.69) is 15.3 Å². The number of nitrogens with two attached hydrogens (primary N) is 1. The molecule has 0 aliphatic carbocycles. The fraction of sp³-hybridized carbons (Fsp3) is 0.227. The molecule has 3 aromatic rings. The minimum absolute atomic E-state index is 0.000226. The summed E-state index contributed by atoms with van der Waals surface area (Å²) in [7, 11) is -3.40. The molecule has 9 heteroatoms. The van der Waals surface area contributed by atoms with Gasteiger partial charge in [0.15, 0.2) is 21.3 Å². The number of amides is 1. The first-order valence-electron chi connectivity index (χ1n) is 9.73. The molecule has 2 heterocycles. The standard InChI is InChI=1S/C22H22N4O4S/c1-14-2-4-16(5-3-14)19-10-24-21(23)20(26-19)22(27)25-17-6-8-18(9-7-17)31(28,29)13-15-11-30-12-15/h2-10,15H,11-13H2,1H3,(H2,23,24)(H,25,27). The van der Waals surface area contributed by atoms with E-state index in [9.17, 15) is 13.2 Å². The molecule has 2 aromatic carbocycles.